The van der Waals surface area contributed by atoms with Crippen molar-refractivity contribution < 1.29 is 13.2 Å². The Balaban J connectivity index is 2.24. The highest BCUT2D eigenvalue weighted by molar-refractivity contribution is 9.11. The number of halogens is 2. The summed E-state index contributed by atoms with van der Waals surface area (Å²) in [6.45, 7) is 2.76. The van der Waals surface area contributed by atoms with Gasteiger partial charge in [0.15, 0.2) is 0 Å². The molecule has 0 spiro atoms. The smallest absolute Gasteiger partial charge is 0.252 e. The SMILES string of the molecule is CC(N)C1CN(S(=O)(=O)c2cc(Cl)c(Br)s2)CCO1. The van der Waals surface area contributed by atoms with Crippen molar-refractivity contribution in [3.05, 3.63) is 14.9 Å². The molecule has 0 radical (unpaired) electrons. The lowest BCUT2D eigenvalue weighted by Gasteiger charge is -2.33. The number of hydrogen-bond donors (Lipinski definition) is 1. The van der Waals surface area contributed by atoms with Crippen LogP contribution in [0.2, 0.25) is 5.02 Å². The van der Waals surface area contributed by atoms with Gasteiger partial charge in [-0.3, -0.25) is 0 Å². The number of morpholine rings is 1. The molecule has 2 heterocycles. The molecule has 1 saturated heterocycles. The maximum Gasteiger partial charge on any atom is 0.252 e. The van der Waals surface area contributed by atoms with Crippen molar-refractivity contribution >= 4 is 48.9 Å². The summed E-state index contributed by atoms with van der Waals surface area (Å²) >= 11 is 10.2. The van der Waals surface area contributed by atoms with Crippen molar-refractivity contribution in [3.63, 3.8) is 0 Å². The molecule has 1 fully saturated rings. The predicted octanol–water partition coefficient (Wildman–Crippen LogP) is 1.90. The molecule has 1 aromatic heterocycles. The Morgan fingerprint density at radius 1 is 1.68 bits per heavy atom. The largest absolute Gasteiger partial charge is 0.374 e. The van der Waals surface area contributed by atoms with Crippen LogP contribution >= 0.6 is 38.9 Å². The van der Waals surface area contributed by atoms with Gasteiger partial charge in [-0.2, -0.15) is 4.31 Å². The molecular formula is C10H14BrClN2O3S2. The lowest BCUT2D eigenvalue weighted by Crippen LogP contribution is -2.51. The monoisotopic (exact) mass is 388 g/mol. The Kier molecular flexibility index (Phi) is 4.92. The van der Waals surface area contributed by atoms with Crippen LogP contribution in [0.5, 0.6) is 0 Å². The van der Waals surface area contributed by atoms with Gasteiger partial charge in [0.2, 0.25) is 0 Å². The van der Waals surface area contributed by atoms with Gasteiger partial charge in [-0.15, -0.1) is 11.3 Å². The Morgan fingerprint density at radius 3 is 2.89 bits per heavy atom. The molecule has 0 aliphatic carbocycles. The second-order valence-corrected chi connectivity index (χ2v) is 9.26. The number of nitrogens with zero attached hydrogens (tertiary/aromatic N) is 1. The molecule has 0 aromatic carbocycles. The van der Waals surface area contributed by atoms with Crippen LogP contribution in [0.15, 0.2) is 14.1 Å². The quantitative estimate of drug-likeness (QED) is 0.857. The van der Waals surface area contributed by atoms with E-state index in [-0.39, 0.29) is 22.9 Å². The van der Waals surface area contributed by atoms with Gasteiger partial charge in [0, 0.05) is 19.1 Å². The average molecular weight is 390 g/mol. The van der Waals surface area contributed by atoms with Gasteiger partial charge >= 0.3 is 0 Å². The van der Waals surface area contributed by atoms with Gasteiger partial charge in [0.05, 0.1) is 21.5 Å². The number of ether oxygens (including phenoxy) is 1. The minimum Gasteiger partial charge on any atom is -0.374 e. The molecule has 0 bridgehead atoms. The maximum atomic E-state index is 12.5. The zero-order valence-electron chi connectivity index (χ0n) is 10.2. The summed E-state index contributed by atoms with van der Waals surface area (Å²) in [6.07, 6.45) is -0.276. The number of nitrogens with two attached hydrogens (primary N) is 1. The number of rotatable bonds is 3. The van der Waals surface area contributed by atoms with Crippen LogP contribution in [0, 0.1) is 0 Å². The fraction of sp³-hybridized carbons (Fsp3) is 0.600. The number of hydrogen-bond acceptors (Lipinski definition) is 5. The van der Waals surface area contributed by atoms with Crippen molar-refractivity contribution in [1.82, 2.24) is 4.31 Å². The third-order valence-corrected chi connectivity index (χ3v) is 7.65. The summed E-state index contributed by atoms with van der Waals surface area (Å²) in [5.41, 5.74) is 5.77. The van der Waals surface area contributed by atoms with Crippen molar-refractivity contribution in [2.75, 3.05) is 19.7 Å². The van der Waals surface area contributed by atoms with Crippen LogP contribution in [0.1, 0.15) is 6.92 Å². The van der Waals surface area contributed by atoms with E-state index >= 15 is 0 Å². The highest BCUT2D eigenvalue weighted by atomic mass is 79.9. The van der Waals surface area contributed by atoms with E-state index < -0.39 is 10.0 Å². The Bertz CT molecular complexity index is 542. The Labute approximate surface area is 129 Å². The molecule has 2 rings (SSSR count). The molecule has 19 heavy (non-hydrogen) atoms. The predicted molar refractivity (Wildman–Crippen MR) is 79.2 cm³/mol. The third-order valence-electron chi connectivity index (χ3n) is 2.86. The van der Waals surface area contributed by atoms with Gasteiger partial charge < -0.3 is 10.5 Å². The van der Waals surface area contributed by atoms with Gasteiger partial charge in [-0.25, -0.2) is 8.42 Å². The average Bonchev–Trinajstić information content (AvgIpc) is 2.70. The Hall–Kier alpha value is 0.300. The van der Waals surface area contributed by atoms with E-state index in [1.807, 2.05) is 0 Å². The van der Waals surface area contributed by atoms with E-state index in [1.54, 1.807) is 6.92 Å². The highest BCUT2D eigenvalue weighted by Crippen LogP contribution is 2.36. The van der Waals surface area contributed by atoms with Crippen LogP contribution in [0.25, 0.3) is 0 Å². The summed E-state index contributed by atoms with van der Waals surface area (Å²) in [4.78, 5) is 0. The molecule has 108 valence electrons. The lowest BCUT2D eigenvalue weighted by molar-refractivity contribution is -0.0119. The fourth-order valence-electron chi connectivity index (χ4n) is 1.77. The maximum absolute atomic E-state index is 12.5. The van der Waals surface area contributed by atoms with Crippen molar-refractivity contribution in [1.29, 1.82) is 0 Å². The van der Waals surface area contributed by atoms with E-state index in [4.69, 9.17) is 22.1 Å². The zero-order valence-corrected chi connectivity index (χ0v) is 14.2. The van der Waals surface area contributed by atoms with E-state index in [0.29, 0.717) is 22.0 Å². The second-order valence-electron chi connectivity index (χ2n) is 4.32. The summed E-state index contributed by atoms with van der Waals surface area (Å²) < 4.78 is 32.7. The van der Waals surface area contributed by atoms with Crippen LogP contribution in [-0.2, 0) is 14.8 Å². The van der Waals surface area contributed by atoms with Crippen LogP contribution in [0.3, 0.4) is 0 Å². The van der Waals surface area contributed by atoms with Gasteiger partial charge in [0.1, 0.15) is 4.21 Å². The molecule has 0 saturated carbocycles. The minimum absolute atomic E-state index is 0.211. The standard InChI is InChI=1S/C10H14BrClN2O3S2/c1-6(13)8-5-14(2-3-17-8)19(15,16)9-4-7(12)10(11)18-9/h4,6,8H,2-3,5,13H2,1H3. The number of thiophene rings is 1. The minimum atomic E-state index is -3.53. The van der Waals surface area contributed by atoms with Crippen molar-refractivity contribution in [3.8, 4) is 0 Å². The first kappa shape index (κ1) is 15.7. The molecule has 1 aliphatic rings. The first-order valence-corrected chi connectivity index (χ1v) is 9.07. The molecule has 2 unspecified atom stereocenters. The summed E-state index contributed by atoms with van der Waals surface area (Å²) in [7, 11) is -3.53. The normalized spacial score (nSPS) is 23.5. The van der Waals surface area contributed by atoms with E-state index in [1.165, 1.54) is 10.4 Å². The molecule has 0 amide bonds. The highest BCUT2D eigenvalue weighted by Gasteiger charge is 2.33. The van der Waals surface area contributed by atoms with Crippen LogP contribution < -0.4 is 5.73 Å². The molecular weight excluding hydrogens is 376 g/mol. The van der Waals surface area contributed by atoms with E-state index in [0.717, 1.165) is 11.3 Å². The number of sulfonamides is 1. The fourth-order valence-corrected chi connectivity index (χ4v) is 5.76. The summed E-state index contributed by atoms with van der Waals surface area (Å²) in [5.74, 6) is 0. The molecule has 2 N–H and O–H groups in total. The van der Waals surface area contributed by atoms with Crippen LogP contribution in [-0.4, -0.2) is 44.6 Å². The summed E-state index contributed by atoms with van der Waals surface area (Å²) in [5, 5.41) is 0.403. The van der Waals surface area contributed by atoms with Gasteiger partial charge in [-0.05, 0) is 28.9 Å². The van der Waals surface area contributed by atoms with Crippen LogP contribution in [0.4, 0.5) is 0 Å². The molecule has 9 heteroatoms. The third kappa shape index (κ3) is 3.31. The first-order valence-electron chi connectivity index (χ1n) is 5.64. The van der Waals surface area contributed by atoms with E-state index in [9.17, 15) is 8.42 Å². The van der Waals surface area contributed by atoms with Crippen molar-refractivity contribution in [2.45, 2.75) is 23.3 Å². The topological polar surface area (TPSA) is 72.6 Å². The molecule has 2 atom stereocenters. The molecule has 5 nitrogen and oxygen atoms in total. The first-order chi connectivity index (χ1) is 8.82. The molecule has 1 aliphatic heterocycles. The lowest BCUT2D eigenvalue weighted by atomic mass is 10.2. The van der Waals surface area contributed by atoms with Gasteiger partial charge in [-0.1, -0.05) is 11.6 Å². The van der Waals surface area contributed by atoms with E-state index in [2.05, 4.69) is 15.9 Å². The van der Waals surface area contributed by atoms with Crippen molar-refractivity contribution in [2.24, 2.45) is 5.73 Å². The summed E-state index contributed by atoms with van der Waals surface area (Å²) in [6, 6.07) is 1.25. The molecule has 1 aromatic rings. The van der Waals surface area contributed by atoms with Gasteiger partial charge in [0.25, 0.3) is 10.0 Å². The Morgan fingerprint density at radius 2 is 2.37 bits per heavy atom. The zero-order chi connectivity index (χ0) is 14.2. The second kappa shape index (κ2) is 5.97.